The molecule has 0 N–H and O–H groups in total. The van der Waals surface area contributed by atoms with Crippen LogP contribution in [0, 0.1) is 10.8 Å². The molecule has 3 nitrogen and oxygen atoms in total. The summed E-state index contributed by atoms with van der Waals surface area (Å²) < 4.78 is 0. The zero-order valence-electron chi connectivity index (χ0n) is 51.0. The van der Waals surface area contributed by atoms with Gasteiger partial charge in [0.1, 0.15) is 0 Å². The van der Waals surface area contributed by atoms with Crippen molar-refractivity contribution in [3.8, 4) is 11.1 Å². The van der Waals surface area contributed by atoms with Gasteiger partial charge in [-0.2, -0.15) is 0 Å². The maximum absolute atomic E-state index is 2.89. The van der Waals surface area contributed by atoms with Gasteiger partial charge >= 0.3 is 0 Å². The monoisotopic (exact) mass is 1050 g/mol. The molecule has 4 heteroatoms. The van der Waals surface area contributed by atoms with E-state index < -0.39 is 0 Å². The lowest BCUT2D eigenvalue weighted by Crippen LogP contribution is -2.62. The van der Waals surface area contributed by atoms with Crippen molar-refractivity contribution < 1.29 is 0 Å². The molecule has 5 aliphatic carbocycles. The second-order valence-corrected chi connectivity index (χ2v) is 31.6. The number of nitrogens with zero attached hydrogens (tertiary/aromatic N) is 3. The average molecular weight is 1050 g/mol. The molecule has 0 radical (unpaired) electrons. The highest BCUT2D eigenvalue weighted by molar-refractivity contribution is 7.00. The Hall–Kier alpha value is -6.00. The average Bonchev–Trinajstić information content (AvgIpc) is 4.13. The van der Waals surface area contributed by atoms with E-state index in [1.54, 1.807) is 11.1 Å². The first-order valence-corrected chi connectivity index (χ1v) is 31.2. The lowest BCUT2D eigenvalue weighted by atomic mass is 9.33. The second-order valence-electron chi connectivity index (χ2n) is 31.6. The zero-order chi connectivity index (χ0) is 55.6. The molecule has 15 rings (SSSR count). The van der Waals surface area contributed by atoms with Gasteiger partial charge in [0.25, 0.3) is 6.71 Å². The van der Waals surface area contributed by atoms with Crippen LogP contribution in [-0.2, 0) is 52.8 Å². The van der Waals surface area contributed by atoms with Gasteiger partial charge in [0, 0.05) is 50.9 Å². The highest BCUT2D eigenvalue weighted by Crippen LogP contribution is 2.63. The largest absolute Gasteiger partial charge is 0.334 e. The summed E-state index contributed by atoms with van der Waals surface area (Å²) in [7, 11) is 0. The van der Waals surface area contributed by atoms with Gasteiger partial charge in [-0.05, 0) is 242 Å². The van der Waals surface area contributed by atoms with Crippen molar-refractivity contribution >= 4 is 68.6 Å². The van der Waals surface area contributed by atoms with Crippen LogP contribution < -0.4 is 31.1 Å². The molecule has 1 saturated carbocycles. The van der Waals surface area contributed by atoms with Gasteiger partial charge < -0.3 is 14.7 Å². The van der Waals surface area contributed by atoms with Crippen molar-refractivity contribution in [2.24, 2.45) is 10.8 Å². The first kappa shape index (κ1) is 50.9. The third kappa shape index (κ3) is 7.17. The van der Waals surface area contributed by atoms with Crippen LogP contribution in [0.1, 0.15) is 198 Å². The number of fused-ring (bicyclic) bond motifs is 11. The zero-order valence-corrected chi connectivity index (χ0v) is 51.0. The molecule has 0 aromatic heterocycles. The molecule has 0 spiro atoms. The Morgan fingerprint density at radius 2 is 0.875 bits per heavy atom. The third-order valence-corrected chi connectivity index (χ3v) is 23.0. The van der Waals surface area contributed by atoms with Crippen molar-refractivity contribution in [3.05, 3.63) is 171 Å². The highest BCUT2D eigenvalue weighted by Gasteiger charge is 2.59. The van der Waals surface area contributed by atoms with E-state index >= 15 is 0 Å². The number of hydrogen-bond acceptors (Lipinski definition) is 3. The molecule has 8 aliphatic rings. The summed E-state index contributed by atoms with van der Waals surface area (Å²) in [5, 5.41) is 0. The van der Waals surface area contributed by atoms with Crippen molar-refractivity contribution in [3.63, 3.8) is 0 Å². The summed E-state index contributed by atoms with van der Waals surface area (Å²) >= 11 is 0. The summed E-state index contributed by atoms with van der Waals surface area (Å²) in [6.45, 7) is 35.3. The minimum absolute atomic E-state index is 0.0361. The number of rotatable bonds is 4. The second kappa shape index (κ2) is 16.4. The summed E-state index contributed by atoms with van der Waals surface area (Å²) in [5.74, 6) is 0. The fourth-order valence-corrected chi connectivity index (χ4v) is 18.1. The van der Waals surface area contributed by atoms with E-state index in [0.29, 0.717) is 0 Å². The Morgan fingerprint density at radius 3 is 1.54 bits per heavy atom. The van der Waals surface area contributed by atoms with Crippen molar-refractivity contribution in [2.75, 3.05) is 14.7 Å². The molecule has 3 aliphatic heterocycles. The van der Waals surface area contributed by atoms with E-state index in [1.807, 2.05) is 0 Å². The van der Waals surface area contributed by atoms with Crippen molar-refractivity contribution in [1.82, 2.24) is 0 Å². The quantitative estimate of drug-likeness (QED) is 0.163. The first-order valence-electron chi connectivity index (χ1n) is 31.2. The Morgan fingerprint density at radius 1 is 0.350 bits per heavy atom. The standard InChI is InChI=1S/C76H86BN3/c1-69(2)43-49-22-24-53(34-50(49)44-69)78-64-37-52-46-70(3,4)45-51(52)36-61(64)77-62-41-58-59(74(11,12)33-32-73(58,9)10)42-65(62)79(54-25-26-56-57(38-54)72(7,8)31-30-71(56,5)6)67-40-55(39-66(78)68(67)77)80-63-27-23-48(47-20-16-15-17-21-47)35-60(63)75(13)28-18-19-29-76(75,80)14/h15-17,20-27,34-42H,18-19,28-33,43-46H2,1-14H3. The minimum atomic E-state index is -0.153. The molecule has 7 aromatic rings. The van der Waals surface area contributed by atoms with Gasteiger partial charge in [0.15, 0.2) is 0 Å². The fraction of sp³-hybridized carbons (Fsp3) is 0.447. The van der Waals surface area contributed by atoms with Crippen LogP contribution in [0.2, 0.25) is 0 Å². The van der Waals surface area contributed by atoms with Gasteiger partial charge in [0.2, 0.25) is 0 Å². The van der Waals surface area contributed by atoms with Crippen molar-refractivity contribution in [2.45, 2.75) is 207 Å². The van der Waals surface area contributed by atoms with E-state index in [-0.39, 0.29) is 50.2 Å². The molecule has 0 bridgehead atoms. The van der Waals surface area contributed by atoms with Gasteiger partial charge in [-0.25, -0.2) is 0 Å². The molecule has 3 heterocycles. The van der Waals surface area contributed by atoms with Gasteiger partial charge in [-0.3, -0.25) is 0 Å². The number of anilines is 8. The van der Waals surface area contributed by atoms with Crippen LogP contribution in [0.25, 0.3) is 11.1 Å². The van der Waals surface area contributed by atoms with Crippen LogP contribution >= 0.6 is 0 Å². The van der Waals surface area contributed by atoms with E-state index in [1.165, 1.54) is 157 Å². The predicted octanol–water partition coefficient (Wildman–Crippen LogP) is 18.1. The first-order chi connectivity index (χ1) is 37.8. The van der Waals surface area contributed by atoms with E-state index in [2.05, 4.69) is 233 Å². The molecule has 80 heavy (non-hydrogen) atoms. The minimum Gasteiger partial charge on any atom is -0.334 e. The normalized spacial score (nSPS) is 24.9. The Balaban J connectivity index is 1.07. The maximum Gasteiger partial charge on any atom is 0.252 e. The molecule has 7 aromatic carbocycles. The number of benzene rings is 7. The molecule has 0 saturated heterocycles. The lowest BCUT2D eigenvalue weighted by Gasteiger charge is -2.51. The SMILES string of the molecule is CC1(C)Cc2ccc(N3c4cc5c(cc4B4c6cc7c(cc6N(c6ccc8c(c6)C(C)(C)CCC8(C)C)c6cc(N8c9ccc(-c%10ccccc%10)cc9C9(C)CCCCC89C)cc3c64)C(C)(C)CCC7(C)C)CC(C)(C)C5)cc2C1. The smallest absolute Gasteiger partial charge is 0.252 e. The molecular formula is C76H86BN3. The Bertz CT molecular complexity index is 3810. The van der Waals surface area contributed by atoms with Crippen LogP contribution in [0.4, 0.5) is 45.5 Å². The summed E-state index contributed by atoms with van der Waals surface area (Å²) in [4.78, 5) is 8.49. The van der Waals surface area contributed by atoms with E-state index in [9.17, 15) is 0 Å². The Kier molecular flexibility index (Phi) is 10.4. The molecule has 408 valence electrons. The topological polar surface area (TPSA) is 9.72 Å². The van der Waals surface area contributed by atoms with Gasteiger partial charge in [-0.1, -0.05) is 164 Å². The van der Waals surface area contributed by atoms with E-state index in [4.69, 9.17) is 0 Å². The van der Waals surface area contributed by atoms with Crippen LogP contribution in [0.5, 0.6) is 0 Å². The maximum atomic E-state index is 2.89. The molecule has 2 unspecified atom stereocenters. The van der Waals surface area contributed by atoms with Crippen LogP contribution in [0.15, 0.2) is 121 Å². The number of hydrogen-bond donors (Lipinski definition) is 0. The lowest BCUT2D eigenvalue weighted by molar-refractivity contribution is 0.195. The highest BCUT2D eigenvalue weighted by atomic mass is 15.3. The third-order valence-electron chi connectivity index (χ3n) is 23.0. The summed E-state index contributed by atoms with van der Waals surface area (Å²) in [6.07, 6.45) is 14.0. The van der Waals surface area contributed by atoms with Crippen LogP contribution in [0.3, 0.4) is 0 Å². The van der Waals surface area contributed by atoms with Gasteiger partial charge in [-0.15, -0.1) is 0 Å². The van der Waals surface area contributed by atoms with Crippen molar-refractivity contribution in [1.29, 1.82) is 0 Å². The fourth-order valence-electron chi connectivity index (χ4n) is 18.1. The molecular weight excluding hydrogens is 966 g/mol. The summed E-state index contributed by atoms with van der Waals surface area (Å²) in [5.41, 5.74) is 31.9. The Labute approximate surface area is 480 Å². The van der Waals surface area contributed by atoms with Gasteiger partial charge in [0.05, 0.1) is 5.54 Å². The molecule has 1 fully saturated rings. The molecule has 2 atom stereocenters. The predicted molar refractivity (Wildman–Crippen MR) is 342 cm³/mol. The summed E-state index contributed by atoms with van der Waals surface area (Å²) in [6, 6.07) is 50.3. The van der Waals surface area contributed by atoms with Crippen LogP contribution in [-0.4, -0.2) is 12.3 Å². The molecule has 0 amide bonds. The van der Waals surface area contributed by atoms with E-state index in [0.717, 1.165) is 32.1 Å².